The Morgan fingerprint density at radius 1 is 1.45 bits per heavy atom. The third-order valence-corrected chi connectivity index (χ3v) is 2.28. The van der Waals surface area contributed by atoms with Crippen LogP contribution in [0, 0.1) is 6.07 Å². The molecule has 1 radical (unpaired) electrons. The highest BCUT2D eigenvalue weighted by Gasteiger charge is 1.99. The van der Waals surface area contributed by atoms with E-state index in [1.54, 1.807) is 0 Å². The smallest absolute Gasteiger partial charge is 0.0552 e. The van der Waals surface area contributed by atoms with Gasteiger partial charge in [-0.25, -0.2) is 0 Å². The highest BCUT2D eigenvalue weighted by Crippen LogP contribution is 2.14. The second-order valence-corrected chi connectivity index (χ2v) is 3.15. The molecule has 1 nitrogen and oxygen atoms in total. The zero-order valence-electron chi connectivity index (χ0n) is 6.82. The van der Waals surface area contributed by atoms with E-state index in [4.69, 9.17) is 0 Å². The van der Waals surface area contributed by atoms with Crippen molar-refractivity contribution in [2.75, 3.05) is 0 Å². The molecule has 0 saturated heterocycles. The van der Waals surface area contributed by atoms with Gasteiger partial charge in [-0.1, -0.05) is 13.8 Å². The van der Waals surface area contributed by atoms with E-state index in [2.05, 4.69) is 40.8 Å². The fourth-order valence-electron chi connectivity index (χ4n) is 0.900. The minimum atomic E-state index is 0.963. The van der Waals surface area contributed by atoms with Gasteiger partial charge < -0.3 is 0 Å². The third-order valence-electron chi connectivity index (χ3n) is 1.59. The Labute approximate surface area is 76.0 Å². The first-order chi connectivity index (χ1) is 5.27. The van der Waals surface area contributed by atoms with Crippen molar-refractivity contribution in [3.05, 3.63) is 28.0 Å². The van der Waals surface area contributed by atoms with Gasteiger partial charge in [0.05, 0.1) is 5.69 Å². The fraction of sp³-hybridized carbons (Fsp3) is 0.444. The standard InChI is InChI=1S/C9H11BrN/c1-3-7-5-6-8(10)9(4-2)11-7/h5H,3-4H2,1-2H3. The molecule has 0 aliphatic rings. The first-order valence-electron chi connectivity index (χ1n) is 3.83. The maximum absolute atomic E-state index is 4.43. The lowest BCUT2D eigenvalue weighted by atomic mass is 10.2. The molecule has 11 heavy (non-hydrogen) atoms. The lowest BCUT2D eigenvalue weighted by Crippen LogP contribution is -1.93. The number of halogens is 1. The molecule has 2 heteroatoms. The topological polar surface area (TPSA) is 12.9 Å². The van der Waals surface area contributed by atoms with Gasteiger partial charge in [0.25, 0.3) is 0 Å². The van der Waals surface area contributed by atoms with E-state index in [1.807, 2.05) is 6.07 Å². The molecule has 0 aliphatic carbocycles. The normalized spacial score (nSPS) is 10.1. The Kier molecular flexibility index (Phi) is 3.06. The first-order valence-corrected chi connectivity index (χ1v) is 4.63. The van der Waals surface area contributed by atoms with Crippen LogP contribution in [0.2, 0.25) is 0 Å². The van der Waals surface area contributed by atoms with E-state index in [0.717, 1.165) is 28.7 Å². The van der Waals surface area contributed by atoms with E-state index in [9.17, 15) is 0 Å². The summed E-state index contributed by atoms with van der Waals surface area (Å²) in [5.74, 6) is 0. The van der Waals surface area contributed by atoms with Gasteiger partial charge in [-0.05, 0) is 34.8 Å². The molecule has 1 aromatic rings. The van der Waals surface area contributed by atoms with Crippen molar-refractivity contribution >= 4 is 15.9 Å². The predicted molar refractivity (Wildman–Crippen MR) is 49.5 cm³/mol. The maximum atomic E-state index is 4.43. The summed E-state index contributed by atoms with van der Waals surface area (Å²) >= 11 is 3.40. The van der Waals surface area contributed by atoms with Crippen LogP contribution in [0.25, 0.3) is 0 Å². The summed E-state index contributed by atoms with van der Waals surface area (Å²) in [6, 6.07) is 5.06. The van der Waals surface area contributed by atoms with Gasteiger partial charge in [0.1, 0.15) is 0 Å². The first kappa shape index (κ1) is 8.72. The van der Waals surface area contributed by atoms with Crippen molar-refractivity contribution in [2.45, 2.75) is 26.7 Å². The third kappa shape index (κ3) is 2.03. The average molecular weight is 213 g/mol. The van der Waals surface area contributed by atoms with E-state index in [-0.39, 0.29) is 0 Å². The number of pyridine rings is 1. The molecule has 59 valence electrons. The summed E-state index contributed by atoms with van der Waals surface area (Å²) in [5, 5.41) is 0. The second kappa shape index (κ2) is 3.86. The summed E-state index contributed by atoms with van der Waals surface area (Å²) in [6.07, 6.45) is 1.95. The summed E-state index contributed by atoms with van der Waals surface area (Å²) in [7, 11) is 0. The van der Waals surface area contributed by atoms with E-state index in [0.29, 0.717) is 0 Å². The molecule has 0 fully saturated rings. The molecular weight excluding hydrogens is 202 g/mol. The highest BCUT2D eigenvalue weighted by atomic mass is 79.9. The predicted octanol–water partition coefficient (Wildman–Crippen LogP) is 2.77. The number of rotatable bonds is 2. The van der Waals surface area contributed by atoms with Gasteiger partial charge in [-0.2, -0.15) is 0 Å². The van der Waals surface area contributed by atoms with Crippen LogP contribution in [0.4, 0.5) is 0 Å². The Morgan fingerprint density at radius 2 is 2.18 bits per heavy atom. The summed E-state index contributed by atoms with van der Waals surface area (Å²) in [4.78, 5) is 4.43. The van der Waals surface area contributed by atoms with Gasteiger partial charge in [0.15, 0.2) is 0 Å². The van der Waals surface area contributed by atoms with Crippen LogP contribution in [-0.4, -0.2) is 4.98 Å². The number of nitrogens with zero attached hydrogens (tertiary/aromatic N) is 1. The van der Waals surface area contributed by atoms with Crippen molar-refractivity contribution in [3.8, 4) is 0 Å². The number of hydrogen-bond donors (Lipinski definition) is 0. The number of aryl methyl sites for hydroxylation is 2. The van der Waals surface area contributed by atoms with Crippen LogP contribution in [0.1, 0.15) is 25.2 Å². The van der Waals surface area contributed by atoms with Crippen LogP contribution in [0.3, 0.4) is 0 Å². The Morgan fingerprint density at radius 3 is 2.73 bits per heavy atom. The van der Waals surface area contributed by atoms with Gasteiger partial charge >= 0.3 is 0 Å². The molecule has 0 saturated carbocycles. The number of aromatic nitrogens is 1. The molecule has 1 aromatic heterocycles. The minimum Gasteiger partial charge on any atom is -0.257 e. The van der Waals surface area contributed by atoms with Gasteiger partial charge in [0, 0.05) is 16.2 Å². The van der Waals surface area contributed by atoms with Gasteiger partial charge in [-0.3, -0.25) is 4.98 Å². The lowest BCUT2D eigenvalue weighted by molar-refractivity contribution is 0.944. The van der Waals surface area contributed by atoms with E-state index < -0.39 is 0 Å². The Bertz CT molecular complexity index is 245. The average Bonchev–Trinajstić information content (AvgIpc) is 2.05. The van der Waals surface area contributed by atoms with Crippen molar-refractivity contribution in [3.63, 3.8) is 0 Å². The van der Waals surface area contributed by atoms with Crippen LogP contribution in [0.5, 0.6) is 0 Å². The SMILES string of the molecule is CCc1c[c]c(Br)c(CC)n1. The van der Waals surface area contributed by atoms with Gasteiger partial charge in [-0.15, -0.1) is 0 Å². The molecule has 0 spiro atoms. The lowest BCUT2D eigenvalue weighted by Gasteiger charge is -2.01. The molecule has 0 atom stereocenters. The fourth-order valence-corrected chi connectivity index (χ4v) is 1.38. The minimum absolute atomic E-state index is 0.963. The van der Waals surface area contributed by atoms with Crippen molar-refractivity contribution in [1.29, 1.82) is 0 Å². The van der Waals surface area contributed by atoms with Gasteiger partial charge in [0.2, 0.25) is 0 Å². The van der Waals surface area contributed by atoms with E-state index >= 15 is 0 Å². The number of hydrogen-bond acceptors (Lipinski definition) is 1. The molecule has 1 heterocycles. The molecular formula is C9H11BrN. The molecule has 0 aliphatic heterocycles. The van der Waals surface area contributed by atoms with Crippen molar-refractivity contribution in [1.82, 2.24) is 4.98 Å². The molecule has 0 N–H and O–H groups in total. The maximum Gasteiger partial charge on any atom is 0.0552 e. The quantitative estimate of drug-likeness (QED) is 0.736. The second-order valence-electron chi connectivity index (χ2n) is 2.36. The van der Waals surface area contributed by atoms with Crippen LogP contribution in [0.15, 0.2) is 10.5 Å². The molecule has 0 aromatic carbocycles. The van der Waals surface area contributed by atoms with Crippen LogP contribution < -0.4 is 0 Å². The van der Waals surface area contributed by atoms with Crippen LogP contribution >= 0.6 is 15.9 Å². The van der Waals surface area contributed by atoms with Crippen molar-refractivity contribution < 1.29 is 0 Å². The Hall–Kier alpha value is -0.370. The Balaban J connectivity index is 3.02. The van der Waals surface area contributed by atoms with E-state index in [1.165, 1.54) is 0 Å². The zero-order valence-corrected chi connectivity index (χ0v) is 8.40. The summed E-state index contributed by atoms with van der Waals surface area (Å²) < 4.78 is 0.997. The molecule has 1 rings (SSSR count). The summed E-state index contributed by atoms with van der Waals surface area (Å²) in [5.41, 5.74) is 2.22. The van der Waals surface area contributed by atoms with Crippen LogP contribution in [-0.2, 0) is 12.8 Å². The molecule has 0 bridgehead atoms. The summed E-state index contributed by atoms with van der Waals surface area (Å²) in [6.45, 7) is 4.20. The zero-order chi connectivity index (χ0) is 8.27. The van der Waals surface area contributed by atoms with Crippen molar-refractivity contribution in [2.24, 2.45) is 0 Å². The molecule has 0 amide bonds. The largest absolute Gasteiger partial charge is 0.257 e. The monoisotopic (exact) mass is 212 g/mol. The highest BCUT2D eigenvalue weighted by molar-refractivity contribution is 9.10. The molecule has 0 unspecified atom stereocenters.